The molecule has 1 atom stereocenters. The highest BCUT2D eigenvalue weighted by atomic mass is 19.1. The number of allylic oxidation sites excluding steroid dienone is 3. The number of fused-ring (bicyclic) bond motifs is 1. The van der Waals surface area contributed by atoms with Crippen LogP contribution in [0.3, 0.4) is 0 Å². The van der Waals surface area contributed by atoms with Crippen molar-refractivity contribution in [2.24, 2.45) is 4.99 Å². The van der Waals surface area contributed by atoms with Crippen molar-refractivity contribution >= 4 is 17.2 Å². The molecule has 43 heavy (non-hydrogen) atoms. The zero-order valence-corrected chi connectivity index (χ0v) is 28.6. The second kappa shape index (κ2) is 19.7. The Bertz CT molecular complexity index is 1270. The van der Waals surface area contributed by atoms with Gasteiger partial charge in [-0.05, 0) is 67.2 Å². The average Bonchev–Trinajstić information content (AvgIpc) is 3.03. The van der Waals surface area contributed by atoms with E-state index in [1.807, 2.05) is 82.7 Å². The number of aryl methyl sites for hydroxylation is 1. The van der Waals surface area contributed by atoms with Gasteiger partial charge in [-0.1, -0.05) is 117 Å². The molecule has 0 fully saturated rings. The summed E-state index contributed by atoms with van der Waals surface area (Å²) in [5.74, 6) is 0.171. The SMILES string of the molecule is C=C(/C=C1/N=C(C(=O)N2CCc3ccccc3C2C)C=C(CC)N1C)c1ccc(C)cc1F.CC.CC.CCCCCC. The van der Waals surface area contributed by atoms with Crippen molar-refractivity contribution in [1.29, 1.82) is 0 Å². The summed E-state index contributed by atoms with van der Waals surface area (Å²) in [5.41, 5.74) is 5.65. The molecule has 1 unspecified atom stereocenters. The highest BCUT2D eigenvalue weighted by molar-refractivity contribution is 6.43. The van der Waals surface area contributed by atoms with E-state index < -0.39 is 0 Å². The predicted octanol–water partition coefficient (Wildman–Crippen LogP) is 10.5. The number of carbonyl (C=O) groups excluding carboxylic acids is 1. The Morgan fingerprint density at radius 3 is 2.26 bits per heavy atom. The van der Waals surface area contributed by atoms with E-state index >= 15 is 0 Å². The van der Waals surface area contributed by atoms with E-state index in [-0.39, 0.29) is 17.8 Å². The van der Waals surface area contributed by atoms with E-state index in [1.54, 1.807) is 12.1 Å². The summed E-state index contributed by atoms with van der Waals surface area (Å²) in [7, 11) is 1.91. The first-order chi connectivity index (χ1) is 20.7. The Morgan fingerprint density at radius 2 is 1.67 bits per heavy atom. The maximum Gasteiger partial charge on any atom is 0.273 e. The number of hydrogen-bond donors (Lipinski definition) is 0. The van der Waals surface area contributed by atoms with Crippen LogP contribution in [0.5, 0.6) is 0 Å². The highest BCUT2D eigenvalue weighted by Crippen LogP contribution is 2.31. The number of amides is 1. The van der Waals surface area contributed by atoms with E-state index in [1.165, 1.54) is 42.9 Å². The second-order valence-electron chi connectivity index (χ2n) is 10.4. The fraction of sp³-hybridized carbons (Fsp3) is 0.474. The maximum absolute atomic E-state index is 14.5. The molecule has 4 rings (SSSR count). The fourth-order valence-corrected chi connectivity index (χ4v) is 5.02. The van der Waals surface area contributed by atoms with Crippen molar-refractivity contribution in [2.75, 3.05) is 13.6 Å². The van der Waals surface area contributed by atoms with Crippen molar-refractivity contribution in [1.82, 2.24) is 9.80 Å². The zero-order chi connectivity index (χ0) is 32.5. The molecule has 0 radical (unpaired) electrons. The topological polar surface area (TPSA) is 35.9 Å². The van der Waals surface area contributed by atoms with Gasteiger partial charge in [-0.25, -0.2) is 9.38 Å². The molecule has 2 aliphatic rings. The van der Waals surface area contributed by atoms with Gasteiger partial charge in [-0.2, -0.15) is 0 Å². The summed E-state index contributed by atoms with van der Waals surface area (Å²) in [4.78, 5) is 22.1. The summed E-state index contributed by atoms with van der Waals surface area (Å²) in [5, 5.41) is 0. The van der Waals surface area contributed by atoms with E-state index in [9.17, 15) is 9.18 Å². The third-order valence-electron chi connectivity index (χ3n) is 7.48. The van der Waals surface area contributed by atoms with Crippen molar-refractivity contribution in [3.05, 3.63) is 101 Å². The number of hydrogen-bond acceptors (Lipinski definition) is 3. The van der Waals surface area contributed by atoms with Gasteiger partial charge in [-0.3, -0.25) is 4.79 Å². The van der Waals surface area contributed by atoms with Crippen LogP contribution >= 0.6 is 0 Å². The molecule has 236 valence electrons. The van der Waals surface area contributed by atoms with Crippen LogP contribution in [0.1, 0.15) is 116 Å². The molecule has 1 amide bonds. The molecule has 0 saturated carbocycles. The Kier molecular flexibility index (Phi) is 17.2. The molecule has 2 aromatic rings. The van der Waals surface area contributed by atoms with Gasteiger partial charge < -0.3 is 9.80 Å². The normalized spacial score (nSPS) is 16.3. The van der Waals surface area contributed by atoms with E-state index in [4.69, 9.17) is 4.99 Å². The van der Waals surface area contributed by atoms with Crippen molar-refractivity contribution in [3.8, 4) is 0 Å². The number of carbonyl (C=O) groups is 1. The minimum atomic E-state index is -0.317. The van der Waals surface area contributed by atoms with Gasteiger partial charge in [0, 0.05) is 24.9 Å². The number of halogens is 1. The number of benzene rings is 2. The van der Waals surface area contributed by atoms with Gasteiger partial charge in [0.1, 0.15) is 17.3 Å². The Labute approximate surface area is 262 Å². The van der Waals surface area contributed by atoms with Gasteiger partial charge >= 0.3 is 0 Å². The highest BCUT2D eigenvalue weighted by Gasteiger charge is 2.31. The van der Waals surface area contributed by atoms with Crippen LogP contribution in [-0.2, 0) is 11.2 Å². The molecule has 0 aliphatic carbocycles. The van der Waals surface area contributed by atoms with E-state index in [0.29, 0.717) is 29.2 Å². The Morgan fingerprint density at radius 1 is 1.05 bits per heavy atom. The standard InChI is InChI=1S/C28H30FN3O.C6H14.2C2H6/c1-6-22-17-26(28(33)32-14-13-21-9-7-8-10-24(21)20(32)4)30-27(31(22)5)16-19(3)23-12-11-18(2)15-25(23)29;1-3-5-6-4-2;2*1-2/h7-12,15-17,20H,3,6,13-14H2,1-2,4-5H3;3-6H2,1-2H3;2*1-2H3/b27-16-;;;. The first kappa shape index (κ1) is 37.6. The minimum Gasteiger partial charge on any atom is -0.333 e. The molecule has 2 heterocycles. The van der Waals surface area contributed by atoms with Crippen LogP contribution in [0.2, 0.25) is 0 Å². The summed E-state index contributed by atoms with van der Waals surface area (Å²) in [6, 6.07) is 13.3. The van der Waals surface area contributed by atoms with Crippen molar-refractivity contribution in [2.45, 2.75) is 107 Å². The van der Waals surface area contributed by atoms with E-state index in [2.05, 4.69) is 39.5 Å². The molecular weight excluding hydrogens is 533 g/mol. The van der Waals surface area contributed by atoms with Crippen molar-refractivity contribution in [3.63, 3.8) is 0 Å². The largest absolute Gasteiger partial charge is 0.333 e. The van der Waals surface area contributed by atoms with Gasteiger partial charge in [0.25, 0.3) is 5.91 Å². The first-order valence-electron chi connectivity index (χ1n) is 16.3. The number of rotatable bonds is 7. The van der Waals surface area contributed by atoms with Crippen LogP contribution in [0.25, 0.3) is 5.57 Å². The maximum atomic E-state index is 14.5. The summed E-state index contributed by atoms with van der Waals surface area (Å²) in [6.45, 7) is 23.1. The lowest BCUT2D eigenvalue weighted by atomic mass is 9.93. The lowest BCUT2D eigenvalue weighted by Gasteiger charge is -2.36. The smallest absolute Gasteiger partial charge is 0.273 e. The molecule has 2 aromatic carbocycles. The van der Waals surface area contributed by atoms with Crippen LogP contribution < -0.4 is 0 Å². The third kappa shape index (κ3) is 10.3. The predicted molar refractivity (Wildman–Crippen MR) is 185 cm³/mol. The van der Waals surface area contributed by atoms with Gasteiger partial charge in [-0.15, -0.1) is 0 Å². The van der Waals surface area contributed by atoms with Crippen LogP contribution in [0.15, 0.2) is 77.7 Å². The molecule has 5 heteroatoms. The average molecular weight is 590 g/mol. The summed E-state index contributed by atoms with van der Waals surface area (Å²) >= 11 is 0. The molecule has 0 saturated heterocycles. The molecule has 4 nitrogen and oxygen atoms in total. The van der Waals surface area contributed by atoms with Crippen LogP contribution in [0.4, 0.5) is 4.39 Å². The third-order valence-corrected chi connectivity index (χ3v) is 7.48. The molecule has 0 aromatic heterocycles. The lowest BCUT2D eigenvalue weighted by molar-refractivity contribution is -0.126. The van der Waals surface area contributed by atoms with Gasteiger partial charge in [0.2, 0.25) is 0 Å². The number of aliphatic imine (C=N–C) groups is 1. The molecular formula is C38H56FN3O. The minimum absolute atomic E-state index is 0.0210. The second-order valence-corrected chi connectivity index (χ2v) is 10.4. The van der Waals surface area contributed by atoms with Gasteiger partial charge in [0.15, 0.2) is 0 Å². The van der Waals surface area contributed by atoms with Crippen LogP contribution in [0, 0.1) is 12.7 Å². The molecule has 0 N–H and O–H groups in total. The summed E-state index contributed by atoms with van der Waals surface area (Å²) < 4.78 is 14.5. The Hall–Kier alpha value is -3.47. The van der Waals surface area contributed by atoms with E-state index in [0.717, 1.165) is 24.1 Å². The Balaban J connectivity index is 0.000000814. The lowest BCUT2D eigenvalue weighted by Crippen LogP contribution is -2.43. The number of unbranched alkanes of at least 4 members (excludes halogenated alkanes) is 3. The quantitative estimate of drug-likeness (QED) is 0.301. The zero-order valence-electron chi connectivity index (χ0n) is 28.6. The number of nitrogens with zero attached hydrogens (tertiary/aromatic N) is 3. The van der Waals surface area contributed by atoms with Gasteiger partial charge in [0.05, 0.1) is 6.04 Å². The summed E-state index contributed by atoms with van der Waals surface area (Å²) in [6.07, 6.45) is 10.7. The fourth-order valence-electron chi connectivity index (χ4n) is 5.02. The molecule has 0 bridgehead atoms. The van der Waals surface area contributed by atoms with Crippen molar-refractivity contribution < 1.29 is 9.18 Å². The molecule has 2 aliphatic heterocycles. The molecule has 0 spiro atoms. The van der Waals surface area contributed by atoms with Crippen LogP contribution in [-0.4, -0.2) is 35.0 Å². The first-order valence-corrected chi connectivity index (χ1v) is 16.3. The monoisotopic (exact) mass is 589 g/mol.